The molecular weight excluding hydrogens is 293 g/mol. The van der Waals surface area contributed by atoms with Crippen LogP contribution >= 0.6 is 0 Å². The van der Waals surface area contributed by atoms with Crippen molar-refractivity contribution in [2.75, 3.05) is 0 Å². The van der Waals surface area contributed by atoms with E-state index in [4.69, 9.17) is 0 Å². The normalized spacial score (nSPS) is 13.2. The Bertz CT molecular complexity index is 777. The van der Waals surface area contributed by atoms with Crippen LogP contribution in [0.25, 0.3) is 16.8 Å². The first-order chi connectivity index (χ1) is 9.22. The van der Waals surface area contributed by atoms with Gasteiger partial charge >= 0.3 is 5.51 Å². The highest BCUT2D eigenvalue weighted by atomic mass is 32.2. The van der Waals surface area contributed by atoms with Gasteiger partial charge in [-0.2, -0.15) is 13.2 Å². The molecule has 0 heterocycles. The molecule has 7 heteroatoms. The van der Waals surface area contributed by atoms with E-state index >= 15 is 0 Å². The zero-order valence-corrected chi connectivity index (χ0v) is 10.7. The smallest absolute Gasteiger partial charge is 0.501 e. The van der Waals surface area contributed by atoms with Gasteiger partial charge in [-0.05, 0) is 22.9 Å². The van der Waals surface area contributed by atoms with Crippen molar-refractivity contribution in [3.8, 4) is 5.75 Å². The third-order valence-electron chi connectivity index (χ3n) is 2.68. The lowest BCUT2D eigenvalue weighted by Crippen LogP contribution is -2.20. The molecule has 0 aliphatic rings. The summed E-state index contributed by atoms with van der Waals surface area (Å²) < 4.78 is 58.7. The summed E-state index contributed by atoms with van der Waals surface area (Å²) in [6.45, 7) is 0. The molecule has 2 rings (SSSR count). The maximum Gasteiger partial charge on any atom is 0.501 e. The maximum atomic E-state index is 12.2. The Balaban J connectivity index is 2.58. The lowest BCUT2D eigenvalue weighted by molar-refractivity contribution is -0.0423. The van der Waals surface area contributed by atoms with Gasteiger partial charge in [0.05, 0.1) is 0 Å². The second kappa shape index (κ2) is 4.82. The molecule has 0 aliphatic carbocycles. The number of hydrogen-bond acceptors (Lipinski definition) is 3. The lowest BCUT2D eigenvalue weighted by Gasteiger charge is -2.06. The first kappa shape index (κ1) is 14.4. The Morgan fingerprint density at radius 3 is 2.35 bits per heavy atom. The van der Waals surface area contributed by atoms with Crippen LogP contribution in [-0.4, -0.2) is 19.0 Å². The van der Waals surface area contributed by atoms with E-state index in [9.17, 15) is 26.7 Å². The number of benzene rings is 2. The molecule has 0 aliphatic heterocycles. The van der Waals surface area contributed by atoms with Gasteiger partial charge in [0, 0.05) is 11.0 Å². The van der Waals surface area contributed by atoms with E-state index in [1.807, 2.05) is 0 Å². The third kappa shape index (κ3) is 2.62. The molecule has 1 N–H and O–H groups in total. The molecule has 2 aromatic carbocycles. The van der Waals surface area contributed by atoms with Crippen molar-refractivity contribution >= 4 is 26.7 Å². The van der Waals surface area contributed by atoms with Gasteiger partial charge in [0.1, 0.15) is 5.75 Å². The Kier molecular flexibility index (Phi) is 3.47. The fraction of sp³-hybridized carbons (Fsp3) is 0.0769. The molecule has 0 fully saturated rings. The molecule has 0 unspecified atom stereocenters. The minimum Gasteiger partial charge on any atom is -0.507 e. The highest BCUT2D eigenvalue weighted by Crippen LogP contribution is 2.30. The van der Waals surface area contributed by atoms with Gasteiger partial charge in [-0.1, -0.05) is 30.3 Å². The summed E-state index contributed by atoms with van der Waals surface area (Å²) in [4.78, 5) is 0. The molecule has 0 aromatic heterocycles. The molecule has 0 atom stereocenters. The van der Waals surface area contributed by atoms with Crippen molar-refractivity contribution in [3.05, 3.63) is 47.4 Å². The molecule has 3 nitrogen and oxygen atoms in total. The number of phenolic OH excluding ortho intramolecular Hbond substituents is 1. The summed E-state index contributed by atoms with van der Waals surface area (Å²) >= 11 is 0. The second-order valence-corrected chi connectivity index (χ2v) is 5.84. The molecule has 0 bridgehead atoms. The highest BCUT2D eigenvalue weighted by molar-refractivity contribution is 7.95. The number of sulfone groups is 1. The second-order valence-electron chi connectivity index (χ2n) is 4.01. The van der Waals surface area contributed by atoms with Gasteiger partial charge in [0.15, 0.2) is 0 Å². The number of phenols is 1. The predicted octanol–water partition coefficient (Wildman–Crippen LogP) is 3.45. The van der Waals surface area contributed by atoms with Gasteiger partial charge in [-0.25, -0.2) is 8.42 Å². The van der Waals surface area contributed by atoms with Crippen molar-refractivity contribution in [3.63, 3.8) is 0 Å². The Labute approximate surface area is 112 Å². The average molecular weight is 302 g/mol. The number of alkyl halides is 3. The zero-order chi connectivity index (χ0) is 15.0. The number of aromatic hydroxyl groups is 1. The minimum atomic E-state index is -5.37. The van der Waals surface area contributed by atoms with E-state index < -0.39 is 15.3 Å². The highest BCUT2D eigenvalue weighted by Gasteiger charge is 2.43. The van der Waals surface area contributed by atoms with Crippen LogP contribution in [0.3, 0.4) is 0 Å². The number of fused-ring (bicyclic) bond motifs is 1. The van der Waals surface area contributed by atoms with Crippen LogP contribution in [0.15, 0.2) is 41.8 Å². The van der Waals surface area contributed by atoms with Gasteiger partial charge < -0.3 is 5.11 Å². The maximum absolute atomic E-state index is 12.2. The van der Waals surface area contributed by atoms with Crippen molar-refractivity contribution in [2.24, 2.45) is 0 Å². The molecule has 20 heavy (non-hydrogen) atoms. The Morgan fingerprint density at radius 2 is 1.70 bits per heavy atom. The van der Waals surface area contributed by atoms with Crippen molar-refractivity contribution in [1.29, 1.82) is 0 Å². The van der Waals surface area contributed by atoms with Crippen molar-refractivity contribution in [1.82, 2.24) is 0 Å². The first-order valence-electron chi connectivity index (χ1n) is 5.42. The summed E-state index contributed by atoms with van der Waals surface area (Å²) in [5.41, 5.74) is -5.33. The monoisotopic (exact) mass is 302 g/mol. The zero-order valence-electron chi connectivity index (χ0n) is 9.92. The van der Waals surface area contributed by atoms with E-state index in [1.54, 1.807) is 30.3 Å². The predicted molar refractivity (Wildman–Crippen MR) is 69.6 cm³/mol. The topological polar surface area (TPSA) is 54.4 Å². The van der Waals surface area contributed by atoms with E-state index in [0.717, 1.165) is 6.08 Å². The van der Waals surface area contributed by atoms with Crippen LogP contribution in [0, 0.1) is 0 Å². The standard InChI is InChI=1S/C13H9F3O3S/c14-13(15,16)20(18,19)8-7-11-10-4-2-1-3-9(10)5-6-12(11)17/h1-8,17H/b8-7+. The molecule has 0 radical (unpaired) electrons. The van der Waals surface area contributed by atoms with Crippen LogP contribution in [0.4, 0.5) is 13.2 Å². The molecular formula is C13H9F3O3S. The number of hydrogen-bond donors (Lipinski definition) is 1. The van der Waals surface area contributed by atoms with Gasteiger partial charge in [-0.3, -0.25) is 0 Å². The Hall–Kier alpha value is -2.02. The fourth-order valence-corrected chi connectivity index (χ4v) is 2.16. The summed E-state index contributed by atoms with van der Waals surface area (Å²) in [7, 11) is -5.37. The largest absolute Gasteiger partial charge is 0.507 e. The number of halogens is 3. The van der Waals surface area contributed by atoms with Gasteiger partial charge in [0.25, 0.3) is 9.84 Å². The Morgan fingerprint density at radius 1 is 1.05 bits per heavy atom. The molecule has 0 amide bonds. The molecule has 106 valence electrons. The summed E-state index contributed by atoms with van der Waals surface area (Å²) in [5.74, 6) is -0.294. The van der Waals surface area contributed by atoms with E-state index in [0.29, 0.717) is 10.8 Å². The average Bonchev–Trinajstić information content (AvgIpc) is 2.36. The summed E-state index contributed by atoms with van der Waals surface area (Å²) in [5, 5.41) is 10.9. The van der Waals surface area contributed by atoms with Gasteiger partial charge in [0.2, 0.25) is 0 Å². The lowest BCUT2D eigenvalue weighted by atomic mass is 10.0. The van der Waals surface area contributed by atoms with Gasteiger partial charge in [-0.15, -0.1) is 0 Å². The van der Waals surface area contributed by atoms with Crippen LogP contribution in [0.2, 0.25) is 0 Å². The van der Waals surface area contributed by atoms with E-state index in [1.165, 1.54) is 6.07 Å². The molecule has 0 spiro atoms. The first-order valence-corrected chi connectivity index (χ1v) is 6.97. The van der Waals surface area contributed by atoms with E-state index in [2.05, 4.69) is 0 Å². The number of rotatable bonds is 2. The minimum absolute atomic E-state index is 0.0240. The van der Waals surface area contributed by atoms with E-state index in [-0.39, 0.29) is 16.7 Å². The molecule has 0 saturated heterocycles. The molecule has 2 aromatic rings. The third-order valence-corrected chi connectivity index (χ3v) is 3.82. The van der Waals surface area contributed by atoms with Crippen molar-refractivity contribution in [2.45, 2.75) is 5.51 Å². The summed E-state index contributed by atoms with van der Waals surface area (Å²) in [6, 6.07) is 9.51. The van der Waals surface area contributed by atoms with Crippen LogP contribution in [0.1, 0.15) is 5.56 Å². The fourth-order valence-electron chi connectivity index (χ4n) is 1.69. The van der Waals surface area contributed by atoms with Crippen LogP contribution < -0.4 is 0 Å². The van der Waals surface area contributed by atoms with Crippen LogP contribution in [0.5, 0.6) is 5.75 Å². The SMILES string of the molecule is O=S(=O)(/C=C/c1c(O)ccc2ccccc12)C(F)(F)F. The van der Waals surface area contributed by atoms with Crippen molar-refractivity contribution < 1.29 is 26.7 Å². The summed E-state index contributed by atoms with van der Waals surface area (Å²) in [6.07, 6.45) is 0.750. The van der Waals surface area contributed by atoms with Crippen LogP contribution in [-0.2, 0) is 9.84 Å². The quantitative estimate of drug-likeness (QED) is 0.924. The molecule has 0 saturated carbocycles.